The Morgan fingerprint density at radius 2 is 1.87 bits per heavy atom. The fourth-order valence-electron chi connectivity index (χ4n) is 2.00. The predicted octanol–water partition coefficient (Wildman–Crippen LogP) is 3.62. The monoisotopic (exact) mass is 314 g/mol. The van der Waals surface area contributed by atoms with E-state index in [-0.39, 0.29) is 24.6 Å². The van der Waals surface area contributed by atoms with E-state index in [4.69, 9.17) is 4.74 Å². The molecule has 0 spiro atoms. The standard InChI is InChI=1S/C17H18N2O4/c1-12-3-7-15(8-4-12)23-10-9-17(20)18-14-6-5-13(2)16(11-14)19(21)22/h3-8,11H,9-10H2,1-2H3,(H,18,20). The molecule has 2 aromatic carbocycles. The summed E-state index contributed by atoms with van der Waals surface area (Å²) in [5, 5.41) is 13.5. The average Bonchev–Trinajstić information content (AvgIpc) is 2.51. The van der Waals surface area contributed by atoms with E-state index >= 15 is 0 Å². The van der Waals surface area contributed by atoms with Crippen LogP contribution in [0.4, 0.5) is 11.4 Å². The van der Waals surface area contributed by atoms with Crippen LogP contribution in [0, 0.1) is 24.0 Å². The molecule has 0 fully saturated rings. The number of nitrogens with zero attached hydrogens (tertiary/aromatic N) is 1. The van der Waals surface area contributed by atoms with Crippen molar-refractivity contribution in [1.29, 1.82) is 0 Å². The van der Waals surface area contributed by atoms with E-state index in [0.29, 0.717) is 17.0 Å². The maximum absolute atomic E-state index is 11.9. The lowest BCUT2D eigenvalue weighted by molar-refractivity contribution is -0.385. The number of anilines is 1. The summed E-state index contributed by atoms with van der Waals surface area (Å²) in [6.07, 6.45) is 0.162. The third kappa shape index (κ3) is 4.81. The van der Waals surface area contributed by atoms with Gasteiger partial charge in [-0.25, -0.2) is 0 Å². The minimum absolute atomic E-state index is 0.0151. The Bertz CT molecular complexity index is 711. The first-order valence-corrected chi connectivity index (χ1v) is 7.20. The quantitative estimate of drug-likeness (QED) is 0.652. The summed E-state index contributed by atoms with van der Waals surface area (Å²) in [6.45, 7) is 3.87. The molecule has 6 heteroatoms. The molecule has 6 nitrogen and oxygen atoms in total. The maximum Gasteiger partial charge on any atom is 0.274 e. The number of carbonyl (C=O) groups is 1. The van der Waals surface area contributed by atoms with Crippen LogP contribution in [0.5, 0.6) is 5.75 Å². The van der Waals surface area contributed by atoms with Crippen molar-refractivity contribution in [2.75, 3.05) is 11.9 Å². The molecule has 0 saturated carbocycles. The molecule has 0 aliphatic rings. The van der Waals surface area contributed by atoms with Crippen LogP contribution in [0.2, 0.25) is 0 Å². The molecular weight excluding hydrogens is 296 g/mol. The highest BCUT2D eigenvalue weighted by atomic mass is 16.6. The molecule has 0 aliphatic carbocycles. The predicted molar refractivity (Wildman–Crippen MR) is 87.8 cm³/mol. The molecule has 0 atom stereocenters. The van der Waals surface area contributed by atoms with Crippen LogP contribution in [0.3, 0.4) is 0 Å². The summed E-state index contributed by atoms with van der Waals surface area (Å²) < 4.78 is 5.48. The first kappa shape index (κ1) is 16.5. The van der Waals surface area contributed by atoms with Crippen LogP contribution >= 0.6 is 0 Å². The van der Waals surface area contributed by atoms with Crippen molar-refractivity contribution in [3.63, 3.8) is 0 Å². The van der Waals surface area contributed by atoms with Crippen molar-refractivity contribution in [1.82, 2.24) is 0 Å². The zero-order chi connectivity index (χ0) is 16.8. The van der Waals surface area contributed by atoms with Crippen molar-refractivity contribution in [2.45, 2.75) is 20.3 Å². The molecule has 2 rings (SSSR count). The highest BCUT2D eigenvalue weighted by Gasteiger charge is 2.12. The van der Waals surface area contributed by atoms with Gasteiger partial charge in [0.05, 0.1) is 18.0 Å². The van der Waals surface area contributed by atoms with Crippen LogP contribution in [-0.4, -0.2) is 17.4 Å². The zero-order valence-corrected chi connectivity index (χ0v) is 13.0. The van der Waals surface area contributed by atoms with Crippen molar-refractivity contribution in [3.05, 3.63) is 63.7 Å². The molecule has 0 radical (unpaired) electrons. The fraction of sp³-hybridized carbons (Fsp3) is 0.235. The number of nitrogens with one attached hydrogen (secondary N) is 1. The number of carbonyl (C=O) groups excluding carboxylic acids is 1. The molecular formula is C17H18N2O4. The SMILES string of the molecule is Cc1ccc(OCCC(=O)Nc2ccc(C)c([N+](=O)[O-])c2)cc1. The number of benzene rings is 2. The minimum Gasteiger partial charge on any atom is -0.493 e. The number of nitro benzene ring substituents is 1. The van der Waals surface area contributed by atoms with Crippen molar-refractivity contribution < 1.29 is 14.5 Å². The first-order valence-electron chi connectivity index (χ1n) is 7.20. The van der Waals surface area contributed by atoms with Gasteiger partial charge in [-0.1, -0.05) is 23.8 Å². The van der Waals surface area contributed by atoms with Gasteiger partial charge >= 0.3 is 0 Å². The Balaban J connectivity index is 1.86. The van der Waals surface area contributed by atoms with Gasteiger partial charge in [-0.3, -0.25) is 14.9 Å². The van der Waals surface area contributed by atoms with Gasteiger partial charge in [-0.15, -0.1) is 0 Å². The van der Waals surface area contributed by atoms with Crippen LogP contribution in [0.1, 0.15) is 17.5 Å². The van der Waals surface area contributed by atoms with Gasteiger partial charge < -0.3 is 10.1 Å². The molecule has 120 valence electrons. The third-order valence-electron chi connectivity index (χ3n) is 3.31. The number of amides is 1. The lowest BCUT2D eigenvalue weighted by atomic mass is 10.2. The molecule has 0 bridgehead atoms. The number of aryl methyl sites for hydroxylation is 2. The van der Waals surface area contributed by atoms with Gasteiger partial charge in [0.1, 0.15) is 5.75 Å². The summed E-state index contributed by atoms with van der Waals surface area (Å²) in [7, 11) is 0. The Morgan fingerprint density at radius 1 is 1.17 bits per heavy atom. The molecule has 1 amide bonds. The van der Waals surface area contributed by atoms with Crippen molar-refractivity contribution in [3.8, 4) is 5.75 Å². The number of rotatable bonds is 6. The van der Waals surface area contributed by atoms with Gasteiger partial charge in [0.2, 0.25) is 5.91 Å². The highest BCUT2D eigenvalue weighted by molar-refractivity contribution is 5.91. The molecule has 2 aromatic rings. The summed E-state index contributed by atoms with van der Waals surface area (Å²) in [5.74, 6) is 0.449. The van der Waals surface area contributed by atoms with E-state index in [1.807, 2.05) is 31.2 Å². The Morgan fingerprint density at radius 3 is 2.52 bits per heavy atom. The molecule has 0 saturated heterocycles. The largest absolute Gasteiger partial charge is 0.493 e. The number of hydrogen-bond acceptors (Lipinski definition) is 4. The van der Waals surface area contributed by atoms with Crippen LogP contribution in [0.15, 0.2) is 42.5 Å². The first-order chi connectivity index (χ1) is 11.0. The lowest BCUT2D eigenvalue weighted by Crippen LogP contribution is -2.15. The van der Waals surface area contributed by atoms with Crippen molar-refractivity contribution in [2.24, 2.45) is 0 Å². The minimum atomic E-state index is -0.467. The second kappa shape index (κ2) is 7.40. The molecule has 1 N–H and O–H groups in total. The van der Waals surface area contributed by atoms with Crippen LogP contribution in [0.25, 0.3) is 0 Å². The lowest BCUT2D eigenvalue weighted by Gasteiger charge is -2.08. The fourth-order valence-corrected chi connectivity index (χ4v) is 2.00. The van der Waals surface area contributed by atoms with E-state index in [1.165, 1.54) is 6.07 Å². The Hall–Kier alpha value is -2.89. The van der Waals surface area contributed by atoms with Gasteiger partial charge in [0, 0.05) is 17.3 Å². The second-order valence-corrected chi connectivity index (χ2v) is 5.22. The summed E-state index contributed by atoms with van der Waals surface area (Å²) in [4.78, 5) is 22.3. The summed E-state index contributed by atoms with van der Waals surface area (Å²) in [6, 6.07) is 12.2. The smallest absolute Gasteiger partial charge is 0.274 e. The van der Waals surface area contributed by atoms with E-state index < -0.39 is 4.92 Å². The Labute approximate surface area is 134 Å². The zero-order valence-electron chi connectivity index (χ0n) is 13.0. The molecule has 23 heavy (non-hydrogen) atoms. The average molecular weight is 314 g/mol. The summed E-state index contributed by atoms with van der Waals surface area (Å²) >= 11 is 0. The Kier molecular flexibility index (Phi) is 5.30. The van der Waals surface area contributed by atoms with E-state index in [9.17, 15) is 14.9 Å². The second-order valence-electron chi connectivity index (χ2n) is 5.22. The molecule has 0 aliphatic heterocycles. The normalized spacial score (nSPS) is 10.2. The van der Waals surface area contributed by atoms with Crippen LogP contribution in [-0.2, 0) is 4.79 Å². The highest BCUT2D eigenvalue weighted by Crippen LogP contribution is 2.22. The molecule has 0 aromatic heterocycles. The number of hydrogen-bond donors (Lipinski definition) is 1. The topological polar surface area (TPSA) is 81.5 Å². The number of ether oxygens (including phenoxy) is 1. The molecule has 0 unspecified atom stereocenters. The van der Waals surface area contributed by atoms with Gasteiger partial charge in [0.15, 0.2) is 0 Å². The van der Waals surface area contributed by atoms with E-state index in [1.54, 1.807) is 19.1 Å². The number of nitro groups is 1. The summed E-state index contributed by atoms with van der Waals surface area (Å²) in [5.41, 5.74) is 2.08. The third-order valence-corrected chi connectivity index (χ3v) is 3.31. The van der Waals surface area contributed by atoms with Crippen molar-refractivity contribution >= 4 is 17.3 Å². The van der Waals surface area contributed by atoms with Gasteiger partial charge in [0.25, 0.3) is 5.69 Å². The maximum atomic E-state index is 11.9. The molecule has 0 heterocycles. The van der Waals surface area contributed by atoms with Crippen LogP contribution < -0.4 is 10.1 Å². The van der Waals surface area contributed by atoms with Gasteiger partial charge in [-0.2, -0.15) is 0 Å². The van der Waals surface area contributed by atoms with Gasteiger partial charge in [-0.05, 0) is 32.0 Å². The van der Waals surface area contributed by atoms with E-state index in [2.05, 4.69) is 5.32 Å². The van der Waals surface area contributed by atoms with E-state index in [0.717, 1.165) is 5.56 Å².